The van der Waals surface area contributed by atoms with Crippen LogP contribution in [0.25, 0.3) is 0 Å². The number of nitrogens with zero attached hydrogens (tertiary/aromatic N) is 2. The Labute approximate surface area is 122 Å². The maximum Gasteiger partial charge on any atom is 0.289 e. The number of sulfonamides is 1. The summed E-state index contributed by atoms with van der Waals surface area (Å²) in [5.41, 5.74) is 0.0107. The van der Waals surface area contributed by atoms with E-state index in [2.05, 4.69) is 5.32 Å². The van der Waals surface area contributed by atoms with Crippen molar-refractivity contribution in [3.8, 4) is 0 Å². The molecule has 0 bridgehead atoms. The van der Waals surface area contributed by atoms with Crippen molar-refractivity contribution in [1.29, 1.82) is 0 Å². The van der Waals surface area contributed by atoms with E-state index in [4.69, 9.17) is 5.11 Å². The number of aliphatic hydroxyl groups excluding tert-OH is 1. The molecule has 1 aromatic carbocycles. The first-order chi connectivity index (χ1) is 9.91. The third-order valence-corrected chi connectivity index (χ3v) is 5.29. The van der Waals surface area contributed by atoms with Crippen LogP contribution in [-0.2, 0) is 10.0 Å². The van der Waals surface area contributed by atoms with Crippen molar-refractivity contribution in [2.75, 3.05) is 25.5 Å². The molecule has 1 aliphatic carbocycles. The monoisotopic (exact) mass is 315 g/mol. The van der Waals surface area contributed by atoms with E-state index in [9.17, 15) is 18.5 Å². The van der Waals surface area contributed by atoms with Crippen molar-refractivity contribution in [3.63, 3.8) is 0 Å². The Morgan fingerprint density at radius 1 is 1.48 bits per heavy atom. The van der Waals surface area contributed by atoms with Crippen molar-refractivity contribution >= 4 is 21.4 Å². The molecule has 9 heteroatoms. The van der Waals surface area contributed by atoms with E-state index in [1.807, 2.05) is 0 Å². The topological polar surface area (TPSA) is 113 Å². The number of anilines is 1. The number of benzene rings is 1. The van der Waals surface area contributed by atoms with E-state index in [1.54, 1.807) is 7.05 Å². The molecule has 0 saturated heterocycles. The van der Waals surface area contributed by atoms with E-state index in [-0.39, 0.29) is 24.1 Å². The lowest BCUT2D eigenvalue weighted by Gasteiger charge is -2.21. The van der Waals surface area contributed by atoms with Crippen LogP contribution in [0.2, 0.25) is 0 Å². The van der Waals surface area contributed by atoms with Gasteiger partial charge in [0.15, 0.2) is 4.90 Å². The summed E-state index contributed by atoms with van der Waals surface area (Å²) in [6, 6.07) is 3.69. The molecule has 0 radical (unpaired) electrons. The molecule has 1 saturated carbocycles. The molecule has 1 aromatic rings. The zero-order valence-corrected chi connectivity index (χ0v) is 12.3. The summed E-state index contributed by atoms with van der Waals surface area (Å²) in [5.74, 6) is 0. The van der Waals surface area contributed by atoms with Crippen LogP contribution in [0.4, 0.5) is 11.4 Å². The molecule has 0 spiro atoms. The van der Waals surface area contributed by atoms with Gasteiger partial charge in [0.1, 0.15) is 0 Å². The molecule has 2 N–H and O–H groups in total. The fourth-order valence-electron chi connectivity index (χ4n) is 2.11. The lowest BCUT2D eigenvalue weighted by molar-refractivity contribution is -0.387. The maximum absolute atomic E-state index is 12.7. The Balaban J connectivity index is 2.53. The smallest absolute Gasteiger partial charge is 0.289 e. The number of nitro groups is 1. The summed E-state index contributed by atoms with van der Waals surface area (Å²) >= 11 is 0. The van der Waals surface area contributed by atoms with Gasteiger partial charge in [0.05, 0.1) is 11.5 Å². The lowest BCUT2D eigenvalue weighted by atomic mass is 10.3. The first-order valence-electron chi connectivity index (χ1n) is 6.50. The van der Waals surface area contributed by atoms with Gasteiger partial charge in [-0.15, -0.1) is 0 Å². The molecule has 0 unspecified atom stereocenters. The summed E-state index contributed by atoms with van der Waals surface area (Å²) in [5, 5.41) is 22.9. The molecular formula is C12H17N3O5S. The van der Waals surface area contributed by atoms with Crippen LogP contribution in [0.3, 0.4) is 0 Å². The second-order valence-electron chi connectivity index (χ2n) is 4.76. The molecule has 0 amide bonds. The van der Waals surface area contributed by atoms with Crippen molar-refractivity contribution < 1.29 is 18.4 Å². The van der Waals surface area contributed by atoms with E-state index in [0.29, 0.717) is 18.5 Å². The molecule has 0 aromatic heterocycles. The summed E-state index contributed by atoms with van der Waals surface area (Å²) in [7, 11) is -2.42. The van der Waals surface area contributed by atoms with Crippen molar-refractivity contribution in [2.24, 2.45) is 0 Å². The fourth-order valence-corrected chi connectivity index (χ4v) is 3.97. The van der Waals surface area contributed by atoms with Crippen LogP contribution in [-0.4, -0.2) is 49.0 Å². The van der Waals surface area contributed by atoms with E-state index in [0.717, 1.165) is 4.31 Å². The number of nitrogens with one attached hydrogen (secondary N) is 1. The highest BCUT2D eigenvalue weighted by Crippen LogP contribution is 2.35. The molecule has 2 rings (SSSR count). The zero-order chi connectivity index (χ0) is 15.6. The number of aliphatic hydroxyl groups is 1. The van der Waals surface area contributed by atoms with Crippen LogP contribution < -0.4 is 5.32 Å². The highest BCUT2D eigenvalue weighted by Gasteiger charge is 2.40. The van der Waals surface area contributed by atoms with E-state index in [1.165, 1.54) is 18.2 Å². The maximum atomic E-state index is 12.7. The predicted octanol–water partition coefficient (Wildman–Crippen LogP) is 0.782. The highest BCUT2D eigenvalue weighted by molar-refractivity contribution is 7.89. The number of hydrogen-bond acceptors (Lipinski definition) is 6. The van der Waals surface area contributed by atoms with Gasteiger partial charge < -0.3 is 10.4 Å². The van der Waals surface area contributed by atoms with Gasteiger partial charge in [0.25, 0.3) is 5.69 Å². The molecule has 0 heterocycles. The summed E-state index contributed by atoms with van der Waals surface area (Å²) in [4.78, 5) is 10.0. The predicted molar refractivity (Wildman–Crippen MR) is 76.6 cm³/mol. The Hall–Kier alpha value is -1.71. The van der Waals surface area contributed by atoms with E-state index < -0.39 is 20.6 Å². The average molecular weight is 315 g/mol. The van der Waals surface area contributed by atoms with Gasteiger partial charge in [0, 0.05) is 31.4 Å². The van der Waals surface area contributed by atoms with Crippen LogP contribution in [0.5, 0.6) is 0 Å². The summed E-state index contributed by atoms with van der Waals surface area (Å²) < 4.78 is 26.5. The minimum Gasteiger partial charge on any atom is -0.395 e. The first kappa shape index (κ1) is 15.7. The molecule has 8 nitrogen and oxygen atoms in total. The second-order valence-corrected chi connectivity index (χ2v) is 6.62. The van der Waals surface area contributed by atoms with Crippen molar-refractivity contribution in [2.45, 2.75) is 23.8 Å². The number of rotatable bonds is 7. The molecule has 1 aliphatic rings. The Bertz CT molecular complexity index is 642. The van der Waals surface area contributed by atoms with Gasteiger partial charge in [0.2, 0.25) is 10.0 Å². The minimum absolute atomic E-state index is 0.0616. The van der Waals surface area contributed by atoms with Crippen molar-refractivity contribution in [1.82, 2.24) is 4.31 Å². The van der Waals surface area contributed by atoms with Gasteiger partial charge in [-0.2, -0.15) is 4.31 Å². The van der Waals surface area contributed by atoms with Gasteiger partial charge in [-0.25, -0.2) is 8.42 Å². The molecular weight excluding hydrogens is 298 g/mol. The molecule has 1 fully saturated rings. The zero-order valence-electron chi connectivity index (χ0n) is 11.5. The molecule has 0 aliphatic heterocycles. The SMILES string of the molecule is CNc1ccc([N+](=O)[O-])c(S(=O)(=O)N(CCO)C2CC2)c1. The largest absolute Gasteiger partial charge is 0.395 e. The van der Waals surface area contributed by atoms with Gasteiger partial charge in [-0.3, -0.25) is 10.1 Å². The van der Waals surface area contributed by atoms with Gasteiger partial charge >= 0.3 is 0 Å². The number of nitro benzene ring substituents is 1. The fraction of sp³-hybridized carbons (Fsp3) is 0.500. The third kappa shape index (κ3) is 3.14. The van der Waals surface area contributed by atoms with Crippen LogP contribution >= 0.6 is 0 Å². The normalized spacial score (nSPS) is 15.2. The molecule has 0 atom stereocenters. The molecule has 21 heavy (non-hydrogen) atoms. The van der Waals surface area contributed by atoms with Crippen LogP contribution in [0.15, 0.2) is 23.1 Å². The summed E-state index contributed by atoms with van der Waals surface area (Å²) in [6.45, 7) is -0.386. The van der Waals surface area contributed by atoms with Crippen molar-refractivity contribution in [3.05, 3.63) is 28.3 Å². The Morgan fingerprint density at radius 3 is 2.62 bits per heavy atom. The summed E-state index contributed by atoms with van der Waals surface area (Å²) in [6.07, 6.45) is 1.41. The first-order valence-corrected chi connectivity index (χ1v) is 7.94. The quantitative estimate of drug-likeness (QED) is 0.568. The average Bonchev–Trinajstić information content (AvgIpc) is 3.28. The Kier molecular flexibility index (Phi) is 4.45. The van der Waals surface area contributed by atoms with Gasteiger partial charge in [-0.05, 0) is 25.0 Å². The van der Waals surface area contributed by atoms with Crippen LogP contribution in [0.1, 0.15) is 12.8 Å². The highest BCUT2D eigenvalue weighted by atomic mass is 32.2. The lowest BCUT2D eigenvalue weighted by Crippen LogP contribution is -2.35. The standard InChI is InChI=1S/C12H17N3O5S/c1-13-9-2-5-11(15(17)18)12(8-9)21(19,20)14(6-7-16)10-3-4-10/h2,5,8,10,13,16H,3-4,6-7H2,1H3. The van der Waals surface area contributed by atoms with E-state index >= 15 is 0 Å². The Morgan fingerprint density at radius 2 is 2.14 bits per heavy atom. The van der Waals surface area contributed by atoms with Crippen LogP contribution in [0, 0.1) is 10.1 Å². The second kappa shape index (κ2) is 5.96. The molecule has 116 valence electrons. The van der Waals surface area contributed by atoms with Gasteiger partial charge in [-0.1, -0.05) is 0 Å². The minimum atomic E-state index is -4.02. The third-order valence-electron chi connectivity index (χ3n) is 3.31. The number of hydrogen-bond donors (Lipinski definition) is 2.